The van der Waals surface area contributed by atoms with Gasteiger partial charge in [0, 0.05) is 32.0 Å². The van der Waals surface area contributed by atoms with E-state index in [9.17, 15) is 32.3 Å². The third-order valence-electron chi connectivity index (χ3n) is 4.85. The first-order valence-electron chi connectivity index (χ1n) is 9.40. The van der Waals surface area contributed by atoms with Crippen molar-refractivity contribution in [3.63, 3.8) is 0 Å². The number of imide groups is 2. The normalized spacial score (nSPS) is 15.2. The second kappa shape index (κ2) is 8.48. The minimum absolute atomic E-state index is 0.143. The number of alkyl halides is 3. The Morgan fingerprint density at radius 3 is 2.12 bits per heavy atom. The van der Waals surface area contributed by atoms with Crippen LogP contribution in [0.15, 0.2) is 24.4 Å². The van der Waals surface area contributed by atoms with Gasteiger partial charge in [-0.2, -0.15) is 18.2 Å². The van der Waals surface area contributed by atoms with Crippen molar-refractivity contribution in [1.29, 1.82) is 0 Å². The highest BCUT2D eigenvalue weighted by Gasteiger charge is 2.46. The molecule has 2 heterocycles. The summed E-state index contributed by atoms with van der Waals surface area (Å²) in [5, 5.41) is 2.51. The van der Waals surface area contributed by atoms with Crippen molar-refractivity contribution in [1.82, 2.24) is 19.8 Å². The van der Waals surface area contributed by atoms with E-state index in [0.717, 1.165) is 26.4 Å². The monoisotopic (exact) mass is 465 g/mol. The van der Waals surface area contributed by atoms with Crippen LogP contribution in [-0.2, 0) is 20.6 Å². The number of urea groups is 1. The van der Waals surface area contributed by atoms with E-state index in [4.69, 9.17) is 4.74 Å². The minimum atomic E-state index is -4.74. The molecule has 0 unspecified atom stereocenters. The smallest absolute Gasteiger partial charge is 0.439 e. The van der Waals surface area contributed by atoms with E-state index < -0.39 is 41.7 Å². The molecule has 1 saturated heterocycles. The third kappa shape index (κ3) is 4.61. The molecule has 0 aliphatic carbocycles. The molecule has 1 aliphatic rings. The summed E-state index contributed by atoms with van der Waals surface area (Å²) in [5.74, 6) is -6.13. The number of benzene rings is 1. The predicted octanol–water partition coefficient (Wildman–Crippen LogP) is 2.51. The number of hydrogen-bond acceptors (Lipinski definition) is 7. The molecule has 2 aromatic rings. The quantitative estimate of drug-likeness (QED) is 0.689. The second-order valence-corrected chi connectivity index (χ2v) is 7.25. The second-order valence-electron chi connectivity index (χ2n) is 7.25. The molecule has 0 bridgehead atoms. The van der Waals surface area contributed by atoms with Gasteiger partial charge in [-0.05, 0) is 37.1 Å². The topological polar surface area (TPSA) is 122 Å². The van der Waals surface area contributed by atoms with E-state index in [1.165, 1.54) is 12.1 Å². The number of barbiturate groups is 1. The van der Waals surface area contributed by atoms with Crippen LogP contribution in [0.4, 0.5) is 23.7 Å². The number of ether oxygens (including phenoxy) is 1. The lowest BCUT2D eigenvalue weighted by Crippen LogP contribution is -2.59. The lowest BCUT2D eigenvalue weighted by atomic mass is 10.0. The Morgan fingerprint density at radius 2 is 1.61 bits per heavy atom. The van der Waals surface area contributed by atoms with E-state index in [0.29, 0.717) is 20.9 Å². The molecule has 1 N–H and O–H groups in total. The van der Waals surface area contributed by atoms with Gasteiger partial charge in [0.25, 0.3) is 11.8 Å². The Labute approximate surface area is 185 Å². The number of amides is 5. The number of aryl methyl sites for hydroxylation is 2. The zero-order valence-corrected chi connectivity index (χ0v) is 17.9. The molecule has 3 rings (SSSR count). The van der Waals surface area contributed by atoms with Gasteiger partial charge >= 0.3 is 12.2 Å². The molecule has 0 spiro atoms. The summed E-state index contributed by atoms with van der Waals surface area (Å²) in [5.41, 5.74) is 1.16. The number of rotatable bonds is 4. The highest BCUT2D eigenvalue weighted by molar-refractivity contribution is 6.28. The van der Waals surface area contributed by atoms with Gasteiger partial charge in [-0.1, -0.05) is 0 Å². The van der Waals surface area contributed by atoms with Gasteiger partial charge in [0.1, 0.15) is 5.75 Å². The lowest BCUT2D eigenvalue weighted by molar-refractivity contribution is -0.151. The van der Waals surface area contributed by atoms with Crippen LogP contribution >= 0.6 is 0 Å². The van der Waals surface area contributed by atoms with E-state index >= 15 is 0 Å². The number of carbonyl (C=O) groups excluding carboxylic acids is 4. The molecular weight excluding hydrogens is 447 g/mol. The van der Waals surface area contributed by atoms with Gasteiger partial charge in [0.2, 0.25) is 17.6 Å². The van der Waals surface area contributed by atoms with Gasteiger partial charge in [0.05, 0.1) is 0 Å². The molecule has 5 amide bonds. The number of anilines is 1. The maximum absolute atomic E-state index is 12.8. The Kier molecular flexibility index (Phi) is 6.07. The highest BCUT2D eigenvalue weighted by Crippen LogP contribution is 2.31. The van der Waals surface area contributed by atoms with Gasteiger partial charge in [-0.25, -0.2) is 9.78 Å². The number of hydrogen-bond donors (Lipinski definition) is 1. The SMILES string of the molecule is Cc1cc(Oc2ccnc(C(F)(F)F)n2)cc(C)c1NC(=O)C1C(=O)N(C)C(=O)N(C)C1=O. The van der Waals surface area contributed by atoms with Crippen LogP contribution in [0.3, 0.4) is 0 Å². The summed E-state index contributed by atoms with van der Waals surface area (Å²) in [6, 6.07) is 3.18. The maximum Gasteiger partial charge on any atom is 0.451 e. The van der Waals surface area contributed by atoms with Crippen molar-refractivity contribution in [2.45, 2.75) is 20.0 Å². The first-order valence-corrected chi connectivity index (χ1v) is 9.40. The molecule has 1 fully saturated rings. The fourth-order valence-corrected chi connectivity index (χ4v) is 3.16. The standard InChI is InChI=1S/C20H18F3N5O5/c1-9-7-11(33-12-5-6-24-18(25-12)20(21,22)23)8-10(2)14(9)26-15(29)13-16(30)27(3)19(32)28(4)17(13)31/h5-8,13H,1-4H3,(H,26,29). The zero-order chi connectivity index (χ0) is 24.7. The molecule has 0 atom stereocenters. The summed E-state index contributed by atoms with van der Waals surface area (Å²) in [7, 11) is 2.32. The molecule has 1 aromatic heterocycles. The van der Waals surface area contributed by atoms with Crippen LogP contribution in [0.2, 0.25) is 0 Å². The van der Waals surface area contributed by atoms with Crippen molar-refractivity contribution in [3.8, 4) is 11.6 Å². The van der Waals surface area contributed by atoms with Crippen LogP contribution in [0.1, 0.15) is 17.0 Å². The fraction of sp³-hybridized carbons (Fsp3) is 0.300. The summed E-state index contributed by atoms with van der Waals surface area (Å²) in [4.78, 5) is 57.1. The first-order chi connectivity index (χ1) is 15.3. The van der Waals surface area contributed by atoms with Crippen molar-refractivity contribution in [3.05, 3.63) is 41.3 Å². The molecule has 0 saturated carbocycles. The first kappa shape index (κ1) is 23.6. The lowest BCUT2D eigenvalue weighted by Gasteiger charge is -2.32. The van der Waals surface area contributed by atoms with Crippen LogP contribution in [-0.4, -0.2) is 57.6 Å². The van der Waals surface area contributed by atoms with Crippen molar-refractivity contribution < 1.29 is 37.1 Å². The van der Waals surface area contributed by atoms with E-state index in [1.54, 1.807) is 13.8 Å². The molecular formula is C20H18F3N5O5. The molecule has 1 aromatic carbocycles. The van der Waals surface area contributed by atoms with Gasteiger partial charge in [-0.3, -0.25) is 24.2 Å². The molecule has 33 heavy (non-hydrogen) atoms. The van der Waals surface area contributed by atoms with Crippen LogP contribution in [0.25, 0.3) is 0 Å². The Balaban J connectivity index is 1.82. The average molecular weight is 465 g/mol. The summed E-state index contributed by atoms with van der Waals surface area (Å²) >= 11 is 0. The third-order valence-corrected chi connectivity index (χ3v) is 4.85. The largest absolute Gasteiger partial charge is 0.451 e. The number of nitrogens with zero attached hydrogens (tertiary/aromatic N) is 4. The van der Waals surface area contributed by atoms with Crippen LogP contribution in [0, 0.1) is 19.8 Å². The van der Waals surface area contributed by atoms with Crippen molar-refractivity contribution in [2.24, 2.45) is 5.92 Å². The maximum atomic E-state index is 12.8. The van der Waals surface area contributed by atoms with Crippen molar-refractivity contribution >= 4 is 29.4 Å². The highest BCUT2D eigenvalue weighted by atomic mass is 19.4. The zero-order valence-electron chi connectivity index (χ0n) is 17.9. The molecule has 0 radical (unpaired) electrons. The number of nitrogens with one attached hydrogen (secondary N) is 1. The number of aromatic nitrogens is 2. The van der Waals surface area contributed by atoms with Crippen LogP contribution in [0.5, 0.6) is 11.6 Å². The fourth-order valence-electron chi connectivity index (χ4n) is 3.16. The molecule has 13 heteroatoms. The predicted molar refractivity (Wildman–Crippen MR) is 106 cm³/mol. The molecule has 1 aliphatic heterocycles. The van der Waals surface area contributed by atoms with E-state index in [-0.39, 0.29) is 17.3 Å². The van der Waals surface area contributed by atoms with Crippen molar-refractivity contribution in [2.75, 3.05) is 19.4 Å². The van der Waals surface area contributed by atoms with Gasteiger partial charge < -0.3 is 10.1 Å². The van der Waals surface area contributed by atoms with Gasteiger partial charge in [0.15, 0.2) is 5.92 Å². The van der Waals surface area contributed by atoms with Gasteiger partial charge in [-0.15, -0.1) is 0 Å². The summed E-state index contributed by atoms with van der Waals surface area (Å²) in [6.45, 7) is 3.17. The molecule has 174 valence electrons. The Bertz CT molecular complexity index is 1120. The number of halogens is 3. The molecule has 10 nitrogen and oxygen atoms in total. The minimum Gasteiger partial charge on any atom is -0.439 e. The summed E-state index contributed by atoms with van der Waals surface area (Å²) in [6.07, 6.45) is -3.82. The Morgan fingerprint density at radius 1 is 1.06 bits per heavy atom. The average Bonchev–Trinajstić information content (AvgIpc) is 2.73. The van der Waals surface area contributed by atoms with E-state index in [1.807, 2.05) is 0 Å². The Hall–Kier alpha value is -4.03. The van der Waals surface area contributed by atoms with E-state index in [2.05, 4.69) is 15.3 Å². The number of carbonyl (C=O) groups is 4. The van der Waals surface area contributed by atoms with Crippen LogP contribution < -0.4 is 10.1 Å². The summed E-state index contributed by atoms with van der Waals surface area (Å²) < 4.78 is 43.8.